The van der Waals surface area contributed by atoms with Crippen LogP contribution in [0.4, 0.5) is 20.6 Å². The Labute approximate surface area is 142 Å². The third-order valence-electron chi connectivity index (χ3n) is 4.40. The van der Waals surface area contributed by atoms with Gasteiger partial charge in [-0.15, -0.1) is 0 Å². The first-order valence-electron chi connectivity index (χ1n) is 7.77. The first-order chi connectivity index (χ1) is 12.0. The molecular formula is C17H15FN4O3. The summed E-state index contributed by atoms with van der Waals surface area (Å²) in [6.07, 6.45) is -0.0150. The van der Waals surface area contributed by atoms with E-state index >= 15 is 0 Å². The van der Waals surface area contributed by atoms with Gasteiger partial charge in [-0.3, -0.25) is 14.7 Å². The molecule has 8 heteroatoms. The van der Waals surface area contributed by atoms with Crippen molar-refractivity contribution in [1.82, 2.24) is 4.98 Å². The lowest BCUT2D eigenvalue weighted by atomic mass is 10.2. The molecule has 2 N–H and O–H groups in total. The summed E-state index contributed by atoms with van der Waals surface area (Å²) in [7, 11) is 0. The number of anilines is 2. The number of carbonyl (C=O) groups is 2. The predicted molar refractivity (Wildman–Crippen MR) is 87.3 cm³/mol. The Balaban J connectivity index is 1.56. The molecular weight excluding hydrogens is 327 g/mol. The fraction of sp³-hybridized carbons (Fsp3) is 0.235. The van der Waals surface area contributed by atoms with E-state index in [1.807, 2.05) is 17.0 Å². The molecule has 0 aliphatic carbocycles. The van der Waals surface area contributed by atoms with Gasteiger partial charge < -0.3 is 15.4 Å². The average Bonchev–Trinajstić information content (AvgIpc) is 3.18. The van der Waals surface area contributed by atoms with E-state index in [9.17, 15) is 14.0 Å². The minimum absolute atomic E-state index is 0.0218. The molecule has 0 unspecified atom stereocenters. The van der Waals surface area contributed by atoms with Crippen molar-refractivity contribution in [2.24, 2.45) is 5.73 Å². The van der Waals surface area contributed by atoms with Crippen LogP contribution in [0.15, 0.2) is 36.5 Å². The number of primary amides is 1. The van der Waals surface area contributed by atoms with Gasteiger partial charge in [-0.2, -0.15) is 0 Å². The van der Waals surface area contributed by atoms with E-state index in [1.54, 1.807) is 18.3 Å². The molecule has 2 aromatic rings. The summed E-state index contributed by atoms with van der Waals surface area (Å²) in [5.74, 6) is -1.18. The highest BCUT2D eigenvalue weighted by Gasteiger charge is 2.36. The van der Waals surface area contributed by atoms with E-state index in [2.05, 4.69) is 4.98 Å². The summed E-state index contributed by atoms with van der Waals surface area (Å²) in [6, 6.07) is 8.33. The maximum Gasteiger partial charge on any atom is 0.415 e. The van der Waals surface area contributed by atoms with E-state index in [1.165, 1.54) is 11.0 Å². The van der Waals surface area contributed by atoms with Crippen molar-refractivity contribution >= 4 is 23.4 Å². The van der Waals surface area contributed by atoms with Crippen LogP contribution >= 0.6 is 0 Å². The number of nitrogens with zero attached hydrogens (tertiary/aromatic N) is 3. The van der Waals surface area contributed by atoms with Crippen LogP contribution in [0.25, 0.3) is 0 Å². The maximum atomic E-state index is 14.6. The fourth-order valence-corrected chi connectivity index (χ4v) is 3.11. The largest absolute Gasteiger partial charge is 0.434 e. The Kier molecular flexibility index (Phi) is 3.52. The standard InChI is InChI=1S/C17H15FN4O3/c18-12-6-11(22-9-15(16(19)23)25-17(22)24)3-4-14(12)21-7-10-2-1-5-20-13(10)8-21/h1-6,15H,7-9H2,(H2,19,23)/t15-/m1/s1. The van der Waals surface area contributed by atoms with Gasteiger partial charge in [0.15, 0.2) is 6.10 Å². The summed E-state index contributed by atoms with van der Waals surface area (Å²) >= 11 is 0. The maximum absolute atomic E-state index is 14.6. The molecule has 0 bridgehead atoms. The molecule has 1 saturated heterocycles. The van der Waals surface area contributed by atoms with Gasteiger partial charge in [-0.25, -0.2) is 9.18 Å². The van der Waals surface area contributed by atoms with Crippen LogP contribution in [0.1, 0.15) is 11.3 Å². The third-order valence-corrected chi connectivity index (χ3v) is 4.40. The SMILES string of the molecule is NC(=O)[C@H]1CN(c2ccc(N3Cc4cccnc4C3)c(F)c2)C(=O)O1. The van der Waals surface area contributed by atoms with Crippen molar-refractivity contribution in [3.8, 4) is 0 Å². The predicted octanol–water partition coefficient (Wildman–Crippen LogP) is 1.55. The highest BCUT2D eigenvalue weighted by atomic mass is 19.1. The number of benzene rings is 1. The second kappa shape index (κ2) is 5.73. The number of pyridine rings is 1. The van der Waals surface area contributed by atoms with Crippen molar-refractivity contribution in [1.29, 1.82) is 0 Å². The normalized spacial score (nSPS) is 19.1. The molecule has 1 aromatic carbocycles. The van der Waals surface area contributed by atoms with Crippen LogP contribution in [0.5, 0.6) is 0 Å². The van der Waals surface area contributed by atoms with Crippen LogP contribution in [-0.2, 0) is 22.6 Å². The quantitative estimate of drug-likeness (QED) is 0.914. The van der Waals surface area contributed by atoms with Crippen molar-refractivity contribution in [3.63, 3.8) is 0 Å². The molecule has 1 atom stereocenters. The number of hydrogen-bond acceptors (Lipinski definition) is 5. The summed E-state index contributed by atoms with van der Waals surface area (Å²) in [4.78, 5) is 30.4. The number of fused-ring (bicyclic) bond motifs is 1. The highest BCUT2D eigenvalue weighted by molar-refractivity contribution is 5.95. The molecule has 0 saturated carbocycles. The summed E-state index contributed by atoms with van der Waals surface area (Å²) in [5, 5.41) is 0. The lowest BCUT2D eigenvalue weighted by molar-refractivity contribution is -0.124. The Morgan fingerprint density at radius 2 is 2.16 bits per heavy atom. The van der Waals surface area contributed by atoms with E-state index in [0.717, 1.165) is 11.3 Å². The van der Waals surface area contributed by atoms with Crippen LogP contribution in [0.2, 0.25) is 0 Å². The van der Waals surface area contributed by atoms with Crippen LogP contribution in [0, 0.1) is 5.82 Å². The summed E-state index contributed by atoms with van der Waals surface area (Å²) < 4.78 is 19.5. The zero-order chi connectivity index (χ0) is 17.6. The smallest absolute Gasteiger partial charge is 0.415 e. The van der Waals surface area contributed by atoms with Crippen molar-refractivity contribution < 1.29 is 18.7 Å². The number of rotatable bonds is 3. The molecule has 0 radical (unpaired) electrons. The number of cyclic esters (lactones) is 1. The first-order valence-corrected chi connectivity index (χ1v) is 7.77. The molecule has 0 spiro atoms. The van der Waals surface area contributed by atoms with Gasteiger partial charge in [0.05, 0.1) is 30.2 Å². The Morgan fingerprint density at radius 1 is 1.32 bits per heavy atom. The molecule has 2 aliphatic heterocycles. The van der Waals surface area contributed by atoms with E-state index in [4.69, 9.17) is 10.5 Å². The van der Waals surface area contributed by atoms with Gasteiger partial charge in [-0.05, 0) is 29.8 Å². The van der Waals surface area contributed by atoms with Gasteiger partial charge in [0, 0.05) is 12.7 Å². The number of nitrogens with two attached hydrogens (primary N) is 1. The molecule has 1 aromatic heterocycles. The monoisotopic (exact) mass is 342 g/mol. The summed E-state index contributed by atoms with van der Waals surface area (Å²) in [5.41, 5.74) is 7.90. The molecule has 3 heterocycles. The number of ether oxygens (including phenoxy) is 1. The third kappa shape index (κ3) is 2.65. The molecule has 128 valence electrons. The lowest BCUT2D eigenvalue weighted by Crippen LogP contribution is -2.32. The Hall–Kier alpha value is -3.16. The van der Waals surface area contributed by atoms with Crippen LogP contribution < -0.4 is 15.5 Å². The molecule has 25 heavy (non-hydrogen) atoms. The highest BCUT2D eigenvalue weighted by Crippen LogP contribution is 2.32. The molecule has 1 fully saturated rings. The summed E-state index contributed by atoms with van der Waals surface area (Å²) in [6.45, 7) is 1.09. The molecule has 7 nitrogen and oxygen atoms in total. The zero-order valence-electron chi connectivity index (χ0n) is 13.2. The minimum Gasteiger partial charge on any atom is -0.434 e. The Bertz CT molecular complexity index is 848. The molecule has 4 rings (SSSR count). The number of aromatic nitrogens is 1. The lowest BCUT2D eigenvalue weighted by Gasteiger charge is -2.20. The molecule has 2 aliphatic rings. The van der Waals surface area contributed by atoms with Crippen LogP contribution in [0.3, 0.4) is 0 Å². The van der Waals surface area contributed by atoms with Crippen LogP contribution in [-0.4, -0.2) is 29.6 Å². The molecule has 2 amide bonds. The Morgan fingerprint density at radius 3 is 2.84 bits per heavy atom. The topological polar surface area (TPSA) is 88.8 Å². The van der Waals surface area contributed by atoms with E-state index in [0.29, 0.717) is 24.5 Å². The van der Waals surface area contributed by atoms with Crippen molar-refractivity contribution in [2.45, 2.75) is 19.2 Å². The van der Waals surface area contributed by atoms with Gasteiger partial charge in [0.2, 0.25) is 0 Å². The van der Waals surface area contributed by atoms with E-state index < -0.39 is 23.9 Å². The number of halogens is 1. The number of carbonyl (C=O) groups excluding carboxylic acids is 2. The average molecular weight is 342 g/mol. The van der Waals surface area contributed by atoms with Crippen molar-refractivity contribution in [2.75, 3.05) is 16.3 Å². The van der Waals surface area contributed by atoms with Gasteiger partial charge in [-0.1, -0.05) is 6.07 Å². The van der Waals surface area contributed by atoms with E-state index in [-0.39, 0.29) is 6.54 Å². The second-order valence-electron chi connectivity index (χ2n) is 5.99. The second-order valence-corrected chi connectivity index (χ2v) is 5.99. The fourth-order valence-electron chi connectivity index (χ4n) is 3.11. The zero-order valence-corrected chi connectivity index (χ0v) is 13.2. The minimum atomic E-state index is -1.02. The van der Waals surface area contributed by atoms with Gasteiger partial charge >= 0.3 is 6.09 Å². The van der Waals surface area contributed by atoms with Gasteiger partial charge in [0.1, 0.15) is 5.82 Å². The first kappa shape index (κ1) is 15.4. The number of amides is 2. The van der Waals surface area contributed by atoms with Crippen molar-refractivity contribution in [3.05, 3.63) is 53.6 Å². The van der Waals surface area contributed by atoms with Gasteiger partial charge in [0.25, 0.3) is 5.91 Å². The number of hydrogen-bond donors (Lipinski definition) is 1.